The summed E-state index contributed by atoms with van der Waals surface area (Å²) < 4.78 is 0. The smallest absolute Gasteiger partial charge is 0.00989 e. The molecule has 1 aromatic carbocycles. The lowest BCUT2D eigenvalue weighted by atomic mass is 10.0. The summed E-state index contributed by atoms with van der Waals surface area (Å²) in [6.45, 7) is 2.19. The number of benzene rings is 1. The van der Waals surface area contributed by atoms with E-state index >= 15 is 0 Å². The fraction of sp³-hybridized carbons (Fsp3) is 0.500. The van der Waals surface area contributed by atoms with Gasteiger partial charge in [-0.2, -0.15) is 0 Å². The molecule has 0 atom stereocenters. The molecule has 0 aliphatic carbocycles. The van der Waals surface area contributed by atoms with Crippen LogP contribution in [0.4, 0.5) is 0 Å². The summed E-state index contributed by atoms with van der Waals surface area (Å²) in [6, 6.07) is 8.98. The number of rotatable bonds is 7. The highest BCUT2D eigenvalue weighted by atomic mass is 14.0. The first-order valence-corrected chi connectivity index (χ1v) is 6.34. The molecule has 0 aliphatic heterocycles. The molecule has 0 fully saturated rings. The van der Waals surface area contributed by atoms with Crippen LogP contribution in [0, 0.1) is 12.3 Å². The first kappa shape index (κ1) is 12.8. The largest absolute Gasteiger partial charge is 0.0891 e. The Morgan fingerprint density at radius 1 is 0.938 bits per heavy atom. The summed E-state index contributed by atoms with van der Waals surface area (Å²) in [5.74, 6) is 2.44. The SMILES string of the molecule is [C]#CCCCCCCc1ccc(CC)cc1. The minimum absolute atomic E-state index is 0.825. The van der Waals surface area contributed by atoms with Gasteiger partial charge in [-0.1, -0.05) is 50.0 Å². The molecule has 0 heteroatoms. The molecule has 0 heterocycles. The summed E-state index contributed by atoms with van der Waals surface area (Å²) in [4.78, 5) is 0. The fourth-order valence-corrected chi connectivity index (χ4v) is 1.84. The van der Waals surface area contributed by atoms with Gasteiger partial charge in [-0.05, 0) is 43.2 Å². The van der Waals surface area contributed by atoms with Crippen LogP contribution in [0.25, 0.3) is 0 Å². The Morgan fingerprint density at radius 3 is 2.19 bits per heavy atom. The summed E-state index contributed by atoms with van der Waals surface area (Å²) in [6.07, 6.45) is 14.8. The van der Waals surface area contributed by atoms with Gasteiger partial charge in [0.25, 0.3) is 0 Å². The summed E-state index contributed by atoms with van der Waals surface area (Å²) >= 11 is 0. The van der Waals surface area contributed by atoms with Crippen LogP contribution < -0.4 is 0 Å². The summed E-state index contributed by atoms with van der Waals surface area (Å²) in [5.41, 5.74) is 2.88. The van der Waals surface area contributed by atoms with Gasteiger partial charge in [0.1, 0.15) is 0 Å². The van der Waals surface area contributed by atoms with Crippen LogP contribution in [0.3, 0.4) is 0 Å². The molecule has 1 aromatic rings. The quantitative estimate of drug-likeness (QED) is 0.467. The van der Waals surface area contributed by atoms with Crippen molar-refractivity contribution in [1.29, 1.82) is 0 Å². The molecule has 0 saturated carbocycles. The Morgan fingerprint density at radius 2 is 1.56 bits per heavy atom. The van der Waals surface area contributed by atoms with E-state index in [9.17, 15) is 0 Å². The lowest BCUT2D eigenvalue weighted by Crippen LogP contribution is -1.87. The predicted octanol–water partition coefficient (Wildman–Crippen LogP) is 4.33. The highest BCUT2D eigenvalue weighted by molar-refractivity contribution is 5.22. The van der Waals surface area contributed by atoms with E-state index in [1.807, 2.05) is 0 Å². The van der Waals surface area contributed by atoms with E-state index in [1.54, 1.807) is 0 Å². The van der Waals surface area contributed by atoms with E-state index in [2.05, 4.69) is 37.1 Å². The van der Waals surface area contributed by atoms with Gasteiger partial charge in [-0.15, -0.1) is 0 Å². The van der Waals surface area contributed by atoms with Crippen LogP contribution in [0.2, 0.25) is 0 Å². The monoisotopic (exact) mass is 213 g/mol. The summed E-state index contributed by atoms with van der Waals surface area (Å²) in [7, 11) is 0. The molecule has 16 heavy (non-hydrogen) atoms. The number of aryl methyl sites for hydroxylation is 2. The third-order valence-electron chi connectivity index (χ3n) is 2.95. The van der Waals surface area contributed by atoms with Gasteiger partial charge in [0.15, 0.2) is 0 Å². The Balaban J connectivity index is 2.15. The van der Waals surface area contributed by atoms with E-state index in [1.165, 1.54) is 36.8 Å². The number of hydrogen-bond donors (Lipinski definition) is 0. The number of unbranched alkanes of at least 4 members (excludes halogenated alkanes) is 4. The normalized spacial score (nSPS) is 10.0. The molecule has 1 rings (SSSR count). The molecule has 0 N–H and O–H groups in total. The molecule has 0 nitrogen and oxygen atoms in total. The van der Waals surface area contributed by atoms with Crippen molar-refractivity contribution in [3.05, 3.63) is 41.8 Å². The van der Waals surface area contributed by atoms with Crippen molar-refractivity contribution in [3.8, 4) is 5.92 Å². The van der Waals surface area contributed by atoms with Crippen LogP contribution in [0.1, 0.15) is 50.2 Å². The van der Waals surface area contributed by atoms with Crippen molar-refractivity contribution in [2.24, 2.45) is 0 Å². The van der Waals surface area contributed by atoms with Gasteiger partial charge in [-0.25, -0.2) is 0 Å². The second kappa shape index (κ2) is 7.99. The van der Waals surface area contributed by atoms with Gasteiger partial charge < -0.3 is 0 Å². The van der Waals surface area contributed by atoms with Gasteiger partial charge in [0.2, 0.25) is 0 Å². The fourth-order valence-electron chi connectivity index (χ4n) is 1.84. The highest BCUT2D eigenvalue weighted by Gasteiger charge is 1.94. The molecule has 0 spiro atoms. The minimum Gasteiger partial charge on any atom is -0.0891 e. The Labute approximate surface area is 100 Å². The van der Waals surface area contributed by atoms with Crippen molar-refractivity contribution in [2.45, 2.75) is 51.9 Å². The molecule has 0 aromatic heterocycles. The van der Waals surface area contributed by atoms with Gasteiger partial charge in [0, 0.05) is 6.42 Å². The second-order valence-electron chi connectivity index (χ2n) is 4.26. The first-order valence-electron chi connectivity index (χ1n) is 6.34. The number of hydrogen-bond acceptors (Lipinski definition) is 0. The lowest BCUT2D eigenvalue weighted by Gasteiger charge is -2.02. The minimum atomic E-state index is 0.825. The van der Waals surface area contributed by atoms with Gasteiger partial charge in [0.05, 0.1) is 0 Å². The first-order chi connectivity index (χ1) is 7.86. The Hall–Kier alpha value is -1.22. The zero-order chi connectivity index (χ0) is 11.6. The predicted molar refractivity (Wildman–Crippen MR) is 69.7 cm³/mol. The van der Waals surface area contributed by atoms with Crippen molar-refractivity contribution >= 4 is 0 Å². The van der Waals surface area contributed by atoms with Crippen LogP contribution in [-0.4, -0.2) is 0 Å². The van der Waals surface area contributed by atoms with E-state index in [0.717, 1.165) is 19.3 Å². The maximum atomic E-state index is 6.81. The van der Waals surface area contributed by atoms with Crippen molar-refractivity contribution in [1.82, 2.24) is 0 Å². The van der Waals surface area contributed by atoms with Gasteiger partial charge >= 0.3 is 0 Å². The molecule has 0 unspecified atom stereocenters. The Bertz CT molecular complexity index is 313. The molecule has 85 valence electrons. The van der Waals surface area contributed by atoms with Crippen LogP contribution in [0.5, 0.6) is 0 Å². The molecule has 0 aliphatic rings. The van der Waals surface area contributed by atoms with Crippen molar-refractivity contribution in [2.75, 3.05) is 0 Å². The van der Waals surface area contributed by atoms with E-state index < -0.39 is 0 Å². The highest BCUT2D eigenvalue weighted by Crippen LogP contribution is 2.10. The maximum absolute atomic E-state index is 6.81. The topological polar surface area (TPSA) is 0 Å². The second-order valence-corrected chi connectivity index (χ2v) is 4.26. The van der Waals surface area contributed by atoms with Crippen molar-refractivity contribution in [3.63, 3.8) is 0 Å². The lowest BCUT2D eigenvalue weighted by molar-refractivity contribution is 0.650. The van der Waals surface area contributed by atoms with Crippen LogP contribution in [0.15, 0.2) is 24.3 Å². The third-order valence-corrected chi connectivity index (χ3v) is 2.95. The van der Waals surface area contributed by atoms with Crippen LogP contribution >= 0.6 is 0 Å². The van der Waals surface area contributed by atoms with E-state index in [4.69, 9.17) is 6.42 Å². The van der Waals surface area contributed by atoms with Crippen molar-refractivity contribution < 1.29 is 0 Å². The summed E-state index contributed by atoms with van der Waals surface area (Å²) in [5, 5.41) is 0. The maximum Gasteiger partial charge on any atom is 0.00989 e. The van der Waals surface area contributed by atoms with Crippen LogP contribution in [-0.2, 0) is 12.8 Å². The molecule has 0 bridgehead atoms. The average Bonchev–Trinajstić information content (AvgIpc) is 2.34. The van der Waals surface area contributed by atoms with E-state index in [-0.39, 0.29) is 0 Å². The van der Waals surface area contributed by atoms with Gasteiger partial charge in [-0.3, -0.25) is 0 Å². The standard InChI is InChI=1S/C16H21/c1-3-5-6-7-8-9-10-16-13-11-15(4-2)12-14-16/h11-14H,4-10H2,2H3. The molecule has 1 radical (unpaired) electrons. The average molecular weight is 213 g/mol. The molecule has 0 saturated heterocycles. The molecular weight excluding hydrogens is 192 g/mol. The molecule has 0 amide bonds. The molecular formula is C16H21. The third kappa shape index (κ3) is 5.03. The van der Waals surface area contributed by atoms with E-state index in [0.29, 0.717) is 0 Å². The zero-order valence-electron chi connectivity index (χ0n) is 10.3. The zero-order valence-corrected chi connectivity index (χ0v) is 10.3. The Kier molecular flexibility index (Phi) is 6.42.